The highest BCUT2D eigenvalue weighted by Crippen LogP contribution is 2.15. The summed E-state index contributed by atoms with van der Waals surface area (Å²) in [6, 6.07) is 11.6. The molecule has 1 heterocycles. The van der Waals surface area contributed by atoms with Gasteiger partial charge in [0, 0.05) is 11.6 Å². The van der Waals surface area contributed by atoms with Gasteiger partial charge in [-0.3, -0.25) is 0 Å². The lowest BCUT2D eigenvalue weighted by atomic mass is 10.2. The van der Waals surface area contributed by atoms with Gasteiger partial charge in [0.05, 0.1) is 7.05 Å². The molecule has 19 heavy (non-hydrogen) atoms. The van der Waals surface area contributed by atoms with Crippen LogP contribution in [0.15, 0.2) is 48.8 Å². The van der Waals surface area contributed by atoms with Crippen molar-refractivity contribution >= 4 is 11.0 Å². The standard InChI is InChI=1S/C15H13F2N2/c1-18-10-19(15-5-3-2-4-14(15)18)9-11-6-7-12(16)8-13(11)17/h2-8,10H,9H2,1H3/q+1. The van der Waals surface area contributed by atoms with E-state index in [2.05, 4.69) is 0 Å². The Morgan fingerprint density at radius 1 is 1.11 bits per heavy atom. The highest BCUT2D eigenvalue weighted by Gasteiger charge is 2.14. The molecule has 0 saturated heterocycles. The van der Waals surface area contributed by atoms with E-state index in [9.17, 15) is 8.78 Å². The van der Waals surface area contributed by atoms with Gasteiger partial charge in [-0.25, -0.2) is 17.9 Å². The van der Waals surface area contributed by atoms with E-state index in [1.165, 1.54) is 12.1 Å². The van der Waals surface area contributed by atoms with E-state index in [1.54, 1.807) is 0 Å². The van der Waals surface area contributed by atoms with E-state index in [1.807, 2.05) is 46.8 Å². The summed E-state index contributed by atoms with van der Waals surface area (Å²) in [5, 5.41) is 0. The quantitative estimate of drug-likeness (QED) is 0.626. The highest BCUT2D eigenvalue weighted by atomic mass is 19.1. The van der Waals surface area contributed by atoms with Gasteiger partial charge in [-0.15, -0.1) is 0 Å². The Morgan fingerprint density at radius 2 is 1.89 bits per heavy atom. The first-order valence-electron chi connectivity index (χ1n) is 6.02. The number of aromatic nitrogens is 2. The number of rotatable bonds is 2. The molecule has 3 rings (SSSR count). The molecule has 0 aliphatic rings. The molecule has 3 aromatic rings. The molecule has 0 unspecified atom stereocenters. The van der Waals surface area contributed by atoms with Crippen LogP contribution in [0.2, 0.25) is 0 Å². The van der Waals surface area contributed by atoms with E-state index in [0.717, 1.165) is 17.1 Å². The molecule has 0 bridgehead atoms. The summed E-state index contributed by atoms with van der Waals surface area (Å²) >= 11 is 0. The van der Waals surface area contributed by atoms with Crippen LogP contribution in [0.5, 0.6) is 0 Å². The molecule has 0 radical (unpaired) electrons. The molecule has 2 nitrogen and oxygen atoms in total. The van der Waals surface area contributed by atoms with Crippen molar-refractivity contribution in [2.75, 3.05) is 0 Å². The number of nitrogens with zero attached hydrogens (tertiary/aromatic N) is 2. The molecule has 96 valence electrons. The topological polar surface area (TPSA) is 8.81 Å². The van der Waals surface area contributed by atoms with E-state index >= 15 is 0 Å². The molecule has 2 aromatic carbocycles. The Bertz CT molecular complexity index is 747. The van der Waals surface area contributed by atoms with Crippen molar-refractivity contribution in [2.24, 2.45) is 7.05 Å². The number of hydrogen-bond donors (Lipinski definition) is 0. The van der Waals surface area contributed by atoms with Crippen LogP contribution >= 0.6 is 0 Å². The molecule has 0 aliphatic heterocycles. The van der Waals surface area contributed by atoms with Gasteiger partial charge in [0.25, 0.3) is 0 Å². The number of hydrogen-bond acceptors (Lipinski definition) is 0. The summed E-state index contributed by atoms with van der Waals surface area (Å²) in [7, 11) is 1.94. The summed E-state index contributed by atoms with van der Waals surface area (Å²) in [6.07, 6.45) is 1.91. The Morgan fingerprint density at radius 3 is 2.68 bits per heavy atom. The fourth-order valence-electron chi connectivity index (χ4n) is 2.30. The summed E-state index contributed by atoms with van der Waals surface area (Å²) < 4.78 is 30.5. The zero-order valence-electron chi connectivity index (χ0n) is 10.5. The van der Waals surface area contributed by atoms with E-state index in [0.29, 0.717) is 12.1 Å². The number of aryl methyl sites for hydroxylation is 1. The van der Waals surface area contributed by atoms with Gasteiger partial charge < -0.3 is 0 Å². The Labute approximate surface area is 109 Å². The zero-order valence-corrected chi connectivity index (χ0v) is 10.5. The van der Waals surface area contributed by atoms with Gasteiger partial charge in [0.2, 0.25) is 6.33 Å². The van der Waals surface area contributed by atoms with Crippen molar-refractivity contribution in [3.8, 4) is 0 Å². The van der Waals surface area contributed by atoms with E-state index in [-0.39, 0.29) is 0 Å². The number of benzene rings is 2. The molecule has 0 fully saturated rings. The fourth-order valence-corrected chi connectivity index (χ4v) is 2.30. The normalized spacial score (nSPS) is 11.1. The van der Waals surface area contributed by atoms with Crippen LogP contribution < -0.4 is 4.57 Å². The van der Waals surface area contributed by atoms with Crippen LogP contribution in [0.1, 0.15) is 5.56 Å². The summed E-state index contributed by atoms with van der Waals surface area (Å²) in [5.74, 6) is -1.07. The average Bonchev–Trinajstić information content (AvgIpc) is 2.71. The number of fused-ring (bicyclic) bond motifs is 1. The maximum absolute atomic E-state index is 13.7. The largest absolute Gasteiger partial charge is 0.244 e. The lowest BCUT2D eigenvalue weighted by molar-refractivity contribution is -0.645. The molecule has 0 atom stereocenters. The monoisotopic (exact) mass is 259 g/mol. The third-order valence-electron chi connectivity index (χ3n) is 3.24. The molecule has 0 N–H and O–H groups in total. The molecular weight excluding hydrogens is 246 g/mol. The Balaban J connectivity index is 2.06. The number of halogens is 2. The molecule has 0 saturated carbocycles. The minimum atomic E-state index is -0.552. The zero-order chi connectivity index (χ0) is 13.4. The van der Waals surface area contributed by atoms with Gasteiger partial charge in [-0.1, -0.05) is 12.1 Å². The van der Waals surface area contributed by atoms with Crippen molar-refractivity contribution in [3.63, 3.8) is 0 Å². The van der Waals surface area contributed by atoms with Crippen LogP contribution in [0.3, 0.4) is 0 Å². The molecule has 4 heteroatoms. The van der Waals surface area contributed by atoms with Gasteiger partial charge in [-0.2, -0.15) is 0 Å². The van der Waals surface area contributed by atoms with Crippen molar-refractivity contribution in [1.29, 1.82) is 0 Å². The first kappa shape index (κ1) is 11.8. The third kappa shape index (κ3) is 2.10. The second kappa shape index (κ2) is 4.46. The third-order valence-corrected chi connectivity index (χ3v) is 3.24. The van der Waals surface area contributed by atoms with Crippen LogP contribution in [0.25, 0.3) is 11.0 Å². The number of para-hydroxylation sites is 2. The van der Waals surface area contributed by atoms with Gasteiger partial charge in [0.1, 0.15) is 18.2 Å². The smallest absolute Gasteiger partial charge is 0.233 e. The molecule has 0 spiro atoms. The molecule has 1 aromatic heterocycles. The van der Waals surface area contributed by atoms with Crippen LogP contribution in [-0.2, 0) is 13.6 Å². The van der Waals surface area contributed by atoms with Crippen LogP contribution in [-0.4, -0.2) is 4.57 Å². The Kier molecular flexibility index (Phi) is 2.78. The predicted octanol–water partition coefficient (Wildman–Crippen LogP) is 2.79. The van der Waals surface area contributed by atoms with Gasteiger partial charge in [-0.05, 0) is 24.3 Å². The predicted molar refractivity (Wildman–Crippen MR) is 68.6 cm³/mol. The lowest BCUT2D eigenvalue weighted by Crippen LogP contribution is -2.25. The summed E-state index contributed by atoms with van der Waals surface area (Å²) in [5.41, 5.74) is 2.57. The van der Waals surface area contributed by atoms with Crippen molar-refractivity contribution in [3.05, 3.63) is 66.0 Å². The Hall–Kier alpha value is -2.23. The first-order chi connectivity index (χ1) is 9.15. The fraction of sp³-hybridized carbons (Fsp3) is 0.133. The van der Waals surface area contributed by atoms with E-state index in [4.69, 9.17) is 0 Å². The van der Waals surface area contributed by atoms with Gasteiger partial charge >= 0.3 is 0 Å². The van der Waals surface area contributed by atoms with E-state index < -0.39 is 11.6 Å². The van der Waals surface area contributed by atoms with Crippen molar-refractivity contribution < 1.29 is 13.3 Å². The minimum absolute atomic E-state index is 0.382. The SMILES string of the molecule is C[n+]1cn(Cc2ccc(F)cc2F)c2ccccc21. The van der Waals surface area contributed by atoms with Crippen LogP contribution in [0.4, 0.5) is 8.78 Å². The summed E-state index contributed by atoms with van der Waals surface area (Å²) in [4.78, 5) is 0. The maximum Gasteiger partial charge on any atom is 0.244 e. The number of imidazole rings is 1. The minimum Gasteiger partial charge on any atom is -0.233 e. The molecule has 0 aliphatic carbocycles. The van der Waals surface area contributed by atoms with Crippen molar-refractivity contribution in [1.82, 2.24) is 4.57 Å². The lowest BCUT2D eigenvalue weighted by Gasteiger charge is -2.01. The van der Waals surface area contributed by atoms with Crippen LogP contribution in [0, 0.1) is 11.6 Å². The highest BCUT2D eigenvalue weighted by molar-refractivity contribution is 5.71. The second-order valence-corrected chi connectivity index (χ2v) is 4.58. The molecule has 0 amide bonds. The maximum atomic E-state index is 13.7. The van der Waals surface area contributed by atoms with Gasteiger partial charge in [0.15, 0.2) is 11.0 Å². The van der Waals surface area contributed by atoms with Crippen molar-refractivity contribution in [2.45, 2.75) is 6.54 Å². The first-order valence-corrected chi connectivity index (χ1v) is 6.02. The summed E-state index contributed by atoms with van der Waals surface area (Å²) in [6.45, 7) is 0.382. The molecular formula is C15H13F2N2+. The second-order valence-electron chi connectivity index (χ2n) is 4.58. The average molecular weight is 259 g/mol.